The standard InChI is InChI=1S/C11H20O6Si/c1-8(2)11(13)15-7-5-6-14-10(4)17-18-16-9(3)12/h10H,1,5-7,18H2,2-4H3. The van der Waals surface area contributed by atoms with E-state index in [2.05, 4.69) is 6.58 Å². The first-order chi connectivity index (χ1) is 8.43. The van der Waals surface area contributed by atoms with Crippen LogP contribution in [0.4, 0.5) is 0 Å². The SMILES string of the molecule is C=C(C)C(=O)OCCCOC(C)O[SiH2]OC(C)=O. The second kappa shape index (κ2) is 9.81. The molecular formula is C11H20O6Si. The molecule has 18 heavy (non-hydrogen) atoms. The Hall–Kier alpha value is -1.18. The maximum Gasteiger partial charge on any atom is 0.370 e. The Kier molecular flexibility index (Phi) is 9.16. The molecule has 0 aromatic carbocycles. The smallest absolute Gasteiger partial charge is 0.370 e. The molecule has 0 saturated heterocycles. The topological polar surface area (TPSA) is 71.1 Å². The van der Waals surface area contributed by atoms with Crippen molar-refractivity contribution in [1.29, 1.82) is 0 Å². The second-order valence-electron chi connectivity index (χ2n) is 3.63. The van der Waals surface area contributed by atoms with E-state index in [-0.39, 0.29) is 12.6 Å². The average molecular weight is 276 g/mol. The van der Waals surface area contributed by atoms with E-state index in [0.29, 0.717) is 18.6 Å². The molecule has 0 bridgehead atoms. The Morgan fingerprint density at radius 2 is 1.94 bits per heavy atom. The minimum absolute atomic E-state index is 0.278. The third-order valence-corrected chi connectivity index (χ3v) is 2.92. The van der Waals surface area contributed by atoms with Crippen molar-refractivity contribution in [2.45, 2.75) is 33.5 Å². The summed E-state index contributed by atoms with van der Waals surface area (Å²) in [6, 6.07) is 0. The Balaban J connectivity index is 3.40. The molecule has 0 radical (unpaired) electrons. The summed E-state index contributed by atoms with van der Waals surface area (Å²) in [5.74, 6) is -0.748. The molecule has 0 aromatic heterocycles. The summed E-state index contributed by atoms with van der Waals surface area (Å²) in [7, 11) is -1.32. The van der Waals surface area contributed by atoms with Crippen LogP contribution in [0, 0.1) is 0 Å². The van der Waals surface area contributed by atoms with E-state index >= 15 is 0 Å². The van der Waals surface area contributed by atoms with Crippen LogP contribution in [0.15, 0.2) is 12.2 Å². The minimum atomic E-state index is -1.32. The highest BCUT2D eigenvalue weighted by Gasteiger charge is 2.05. The van der Waals surface area contributed by atoms with Gasteiger partial charge in [0.05, 0.1) is 13.2 Å². The molecule has 7 heteroatoms. The van der Waals surface area contributed by atoms with Gasteiger partial charge in [-0.2, -0.15) is 0 Å². The van der Waals surface area contributed by atoms with Gasteiger partial charge < -0.3 is 18.3 Å². The maximum atomic E-state index is 11.0. The molecule has 0 aromatic rings. The van der Waals surface area contributed by atoms with Crippen molar-refractivity contribution in [3.8, 4) is 0 Å². The summed E-state index contributed by atoms with van der Waals surface area (Å²) >= 11 is 0. The monoisotopic (exact) mass is 276 g/mol. The lowest BCUT2D eigenvalue weighted by Crippen LogP contribution is -2.20. The Morgan fingerprint density at radius 1 is 1.28 bits per heavy atom. The predicted octanol–water partition coefficient (Wildman–Crippen LogP) is 0.437. The van der Waals surface area contributed by atoms with Crippen LogP contribution in [0.1, 0.15) is 27.2 Å². The quantitative estimate of drug-likeness (QED) is 0.200. The molecule has 0 aliphatic rings. The van der Waals surface area contributed by atoms with E-state index in [1.165, 1.54) is 6.92 Å². The molecule has 0 fully saturated rings. The number of hydrogen-bond donors (Lipinski definition) is 0. The fraction of sp³-hybridized carbons (Fsp3) is 0.636. The van der Waals surface area contributed by atoms with E-state index in [1.807, 2.05) is 0 Å². The van der Waals surface area contributed by atoms with Gasteiger partial charge in [0.2, 0.25) is 0 Å². The summed E-state index contributed by atoms with van der Waals surface area (Å²) in [6.45, 7) is 8.79. The van der Waals surface area contributed by atoms with Crippen LogP contribution in [0.5, 0.6) is 0 Å². The molecule has 104 valence electrons. The molecule has 0 aliphatic heterocycles. The fourth-order valence-corrected chi connectivity index (χ4v) is 1.38. The van der Waals surface area contributed by atoms with Crippen molar-refractivity contribution in [3.63, 3.8) is 0 Å². The maximum absolute atomic E-state index is 11.0. The van der Waals surface area contributed by atoms with Crippen LogP contribution in [0.3, 0.4) is 0 Å². The molecule has 0 N–H and O–H groups in total. The van der Waals surface area contributed by atoms with Gasteiger partial charge in [-0.25, -0.2) is 4.79 Å². The van der Waals surface area contributed by atoms with Crippen molar-refractivity contribution in [2.24, 2.45) is 0 Å². The van der Waals surface area contributed by atoms with E-state index in [4.69, 9.17) is 18.3 Å². The van der Waals surface area contributed by atoms with Gasteiger partial charge in [0.25, 0.3) is 5.97 Å². The lowest BCUT2D eigenvalue weighted by molar-refractivity contribution is -0.140. The minimum Gasteiger partial charge on any atom is -0.499 e. The normalized spacial score (nSPS) is 12.4. The largest absolute Gasteiger partial charge is 0.499 e. The van der Waals surface area contributed by atoms with E-state index in [0.717, 1.165) is 0 Å². The Morgan fingerprint density at radius 3 is 2.50 bits per heavy atom. The van der Waals surface area contributed by atoms with Crippen LogP contribution in [-0.2, 0) is 27.9 Å². The van der Waals surface area contributed by atoms with E-state index in [9.17, 15) is 9.59 Å². The third-order valence-electron chi connectivity index (χ3n) is 1.79. The Labute approximate surface area is 109 Å². The summed E-state index contributed by atoms with van der Waals surface area (Å²) in [6.07, 6.45) is 0.148. The molecule has 0 saturated carbocycles. The van der Waals surface area contributed by atoms with Crippen LogP contribution < -0.4 is 0 Å². The molecule has 0 amide bonds. The zero-order chi connectivity index (χ0) is 14.0. The molecule has 0 heterocycles. The molecule has 0 spiro atoms. The number of carbonyl (C=O) groups is 2. The van der Waals surface area contributed by atoms with Gasteiger partial charge in [-0.1, -0.05) is 6.58 Å². The van der Waals surface area contributed by atoms with Crippen LogP contribution in [0.25, 0.3) is 0 Å². The van der Waals surface area contributed by atoms with Crippen molar-refractivity contribution in [1.82, 2.24) is 0 Å². The molecule has 6 nitrogen and oxygen atoms in total. The van der Waals surface area contributed by atoms with Gasteiger partial charge in [-0.3, -0.25) is 4.79 Å². The molecule has 1 unspecified atom stereocenters. The number of ether oxygens (including phenoxy) is 2. The number of rotatable bonds is 9. The van der Waals surface area contributed by atoms with Crippen LogP contribution in [-0.4, -0.2) is 41.4 Å². The average Bonchev–Trinajstić information content (AvgIpc) is 2.27. The highest BCUT2D eigenvalue weighted by atomic mass is 28.3. The molecule has 0 aliphatic carbocycles. The van der Waals surface area contributed by atoms with Crippen molar-refractivity contribution < 1.29 is 27.9 Å². The summed E-state index contributed by atoms with van der Waals surface area (Å²) in [5, 5.41) is 0. The number of esters is 1. The second-order valence-corrected chi connectivity index (χ2v) is 4.49. The fourth-order valence-electron chi connectivity index (χ4n) is 0.857. The van der Waals surface area contributed by atoms with Gasteiger partial charge in [0.1, 0.15) is 6.29 Å². The van der Waals surface area contributed by atoms with Crippen LogP contribution >= 0.6 is 0 Å². The van der Waals surface area contributed by atoms with Crippen molar-refractivity contribution in [2.75, 3.05) is 13.2 Å². The highest BCUT2D eigenvalue weighted by Crippen LogP contribution is 1.97. The number of carbonyl (C=O) groups excluding carboxylic acids is 2. The zero-order valence-corrected chi connectivity index (χ0v) is 12.5. The molecular weight excluding hydrogens is 256 g/mol. The first-order valence-corrected chi connectivity index (χ1v) is 6.78. The van der Waals surface area contributed by atoms with Gasteiger partial charge in [-0.15, -0.1) is 0 Å². The molecule has 0 rings (SSSR count). The molecule has 1 atom stereocenters. The first kappa shape index (κ1) is 16.8. The van der Waals surface area contributed by atoms with E-state index in [1.54, 1.807) is 13.8 Å². The zero-order valence-electron chi connectivity index (χ0n) is 11.1. The summed E-state index contributed by atoms with van der Waals surface area (Å²) in [5.41, 5.74) is 0.375. The summed E-state index contributed by atoms with van der Waals surface area (Å²) in [4.78, 5) is 21.5. The first-order valence-electron chi connectivity index (χ1n) is 5.62. The van der Waals surface area contributed by atoms with Crippen molar-refractivity contribution >= 4 is 21.9 Å². The van der Waals surface area contributed by atoms with Crippen molar-refractivity contribution in [3.05, 3.63) is 12.2 Å². The van der Waals surface area contributed by atoms with Gasteiger partial charge in [-0.05, 0) is 13.8 Å². The highest BCUT2D eigenvalue weighted by molar-refractivity contribution is 6.22. The van der Waals surface area contributed by atoms with Gasteiger partial charge in [0, 0.05) is 18.9 Å². The lowest BCUT2D eigenvalue weighted by Gasteiger charge is -2.13. The van der Waals surface area contributed by atoms with Crippen LogP contribution in [0.2, 0.25) is 0 Å². The van der Waals surface area contributed by atoms with E-state index < -0.39 is 22.3 Å². The summed E-state index contributed by atoms with van der Waals surface area (Å²) < 4.78 is 20.0. The van der Waals surface area contributed by atoms with Gasteiger partial charge >= 0.3 is 16.0 Å². The Bertz CT molecular complexity index is 291. The number of hydrogen-bond acceptors (Lipinski definition) is 6. The predicted molar refractivity (Wildman–Crippen MR) is 67.2 cm³/mol. The van der Waals surface area contributed by atoms with Gasteiger partial charge in [0.15, 0.2) is 0 Å². The third kappa shape index (κ3) is 10.0. The lowest BCUT2D eigenvalue weighted by atomic mass is 10.4.